The molecule has 1 aromatic carbocycles. The highest BCUT2D eigenvalue weighted by Gasteiger charge is 2.21. The van der Waals surface area contributed by atoms with E-state index in [1.165, 1.54) is 6.07 Å². The smallest absolute Gasteiger partial charge is 0.233 e. The summed E-state index contributed by atoms with van der Waals surface area (Å²) in [6.07, 6.45) is 1.07. The van der Waals surface area contributed by atoms with E-state index in [-0.39, 0.29) is 24.7 Å². The molecular weight excluding hydrogens is 368 g/mol. The molecule has 0 fully saturated rings. The standard InChI is InChI=1S/C18H26N4O4S/c1-5-21(6-2)16-9-7-15(8-10-16)19-18(23)11-12-22(27(4,24)25)17-13-14(3)26-20-17/h7-10,13H,5-6,11-12H2,1-4H3,(H,19,23). The van der Waals surface area contributed by atoms with Crippen LogP contribution in [0.25, 0.3) is 0 Å². The molecule has 0 spiro atoms. The number of benzene rings is 1. The quantitative estimate of drug-likeness (QED) is 0.702. The van der Waals surface area contributed by atoms with Gasteiger partial charge in [-0.2, -0.15) is 0 Å². The lowest BCUT2D eigenvalue weighted by molar-refractivity contribution is -0.116. The Labute approximate surface area is 160 Å². The lowest BCUT2D eigenvalue weighted by Gasteiger charge is -2.21. The van der Waals surface area contributed by atoms with Gasteiger partial charge in [0.2, 0.25) is 15.9 Å². The summed E-state index contributed by atoms with van der Waals surface area (Å²) in [5.74, 6) is 0.391. The van der Waals surface area contributed by atoms with Gasteiger partial charge in [0.15, 0.2) is 5.82 Å². The van der Waals surface area contributed by atoms with Crippen molar-refractivity contribution >= 4 is 33.1 Å². The number of carbonyl (C=O) groups is 1. The van der Waals surface area contributed by atoms with Crippen LogP contribution >= 0.6 is 0 Å². The summed E-state index contributed by atoms with van der Waals surface area (Å²) in [5.41, 5.74) is 1.75. The van der Waals surface area contributed by atoms with E-state index in [0.29, 0.717) is 11.4 Å². The van der Waals surface area contributed by atoms with Crippen molar-refractivity contribution in [3.05, 3.63) is 36.1 Å². The molecular formula is C18H26N4O4S. The summed E-state index contributed by atoms with van der Waals surface area (Å²) in [6.45, 7) is 7.64. The molecule has 1 heterocycles. The molecule has 0 saturated carbocycles. The Morgan fingerprint density at radius 3 is 2.30 bits per heavy atom. The largest absolute Gasteiger partial charge is 0.372 e. The fraction of sp³-hybridized carbons (Fsp3) is 0.444. The maximum atomic E-state index is 12.2. The minimum absolute atomic E-state index is 0.00320. The van der Waals surface area contributed by atoms with Crippen molar-refractivity contribution in [2.75, 3.05) is 40.4 Å². The molecule has 0 atom stereocenters. The van der Waals surface area contributed by atoms with Crippen LogP contribution in [0.4, 0.5) is 17.2 Å². The zero-order chi connectivity index (χ0) is 20.0. The van der Waals surface area contributed by atoms with Crippen LogP contribution < -0.4 is 14.5 Å². The predicted molar refractivity (Wildman–Crippen MR) is 107 cm³/mol. The van der Waals surface area contributed by atoms with Gasteiger partial charge >= 0.3 is 0 Å². The Balaban J connectivity index is 1.98. The third-order valence-electron chi connectivity index (χ3n) is 4.09. The predicted octanol–water partition coefficient (Wildman–Crippen LogP) is 2.62. The Hall–Kier alpha value is -2.55. The maximum Gasteiger partial charge on any atom is 0.233 e. The number of hydrogen-bond acceptors (Lipinski definition) is 6. The van der Waals surface area contributed by atoms with Crippen LogP contribution in [0.5, 0.6) is 0 Å². The SMILES string of the molecule is CCN(CC)c1ccc(NC(=O)CCN(c2cc(C)on2)S(C)(=O)=O)cc1. The summed E-state index contributed by atoms with van der Waals surface area (Å²) in [6, 6.07) is 9.08. The first-order valence-corrected chi connectivity index (χ1v) is 10.6. The third-order valence-corrected chi connectivity index (χ3v) is 5.26. The van der Waals surface area contributed by atoms with Gasteiger partial charge in [0, 0.05) is 43.5 Å². The van der Waals surface area contributed by atoms with Crippen molar-refractivity contribution < 1.29 is 17.7 Å². The summed E-state index contributed by atoms with van der Waals surface area (Å²) in [5, 5.41) is 6.51. The number of nitrogens with zero attached hydrogens (tertiary/aromatic N) is 3. The van der Waals surface area contributed by atoms with Gasteiger partial charge in [0.1, 0.15) is 5.76 Å². The van der Waals surface area contributed by atoms with E-state index in [0.717, 1.165) is 29.3 Å². The average molecular weight is 394 g/mol. The topological polar surface area (TPSA) is 95.8 Å². The second-order valence-corrected chi connectivity index (χ2v) is 8.06. The van der Waals surface area contributed by atoms with Crippen molar-refractivity contribution in [2.45, 2.75) is 27.2 Å². The van der Waals surface area contributed by atoms with Gasteiger partial charge in [-0.25, -0.2) is 8.42 Å². The number of aryl methyl sites for hydroxylation is 1. The second-order valence-electron chi connectivity index (χ2n) is 6.15. The van der Waals surface area contributed by atoms with E-state index in [4.69, 9.17) is 4.52 Å². The molecule has 27 heavy (non-hydrogen) atoms. The molecule has 0 aliphatic rings. The number of aromatic nitrogens is 1. The molecule has 9 heteroatoms. The van der Waals surface area contributed by atoms with Gasteiger partial charge < -0.3 is 14.7 Å². The highest BCUT2D eigenvalue weighted by molar-refractivity contribution is 7.92. The van der Waals surface area contributed by atoms with Crippen LogP contribution in [0.3, 0.4) is 0 Å². The molecule has 0 saturated heterocycles. The highest BCUT2D eigenvalue weighted by atomic mass is 32.2. The van der Waals surface area contributed by atoms with E-state index in [2.05, 4.69) is 29.2 Å². The summed E-state index contributed by atoms with van der Waals surface area (Å²) >= 11 is 0. The molecule has 0 radical (unpaired) electrons. The average Bonchev–Trinajstić information content (AvgIpc) is 3.02. The van der Waals surface area contributed by atoms with Gasteiger partial charge in [0.05, 0.1) is 6.26 Å². The molecule has 148 valence electrons. The molecule has 8 nitrogen and oxygen atoms in total. The van der Waals surface area contributed by atoms with Gasteiger partial charge in [-0.15, -0.1) is 0 Å². The van der Waals surface area contributed by atoms with Gasteiger partial charge in [-0.1, -0.05) is 5.16 Å². The third kappa shape index (κ3) is 5.72. The molecule has 2 aromatic rings. The Bertz CT molecular complexity index is 858. The van der Waals surface area contributed by atoms with Crippen molar-refractivity contribution in [1.82, 2.24) is 5.16 Å². The first-order chi connectivity index (χ1) is 12.7. The monoisotopic (exact) mass is 394 g/mol. The van der Waals surface area contributed by atoms with Crippen molar-refractivity contribution in [2.24, 2.45) is 0 Å². The number of carbonyl (C=O) groups excluding carboxylic acids is 1. The van der Waals surface area contributed by atoms with Crippen LogP contribution in [0.15, 0.2) is 34.9 Å². The zero-order valence-electron chi connectivity index (χ0n) is 16.1. The number of rotatable bonds is 9. The first kappa shape index (κ1) is 20.8. The fourth-order valence-corrected chi connectivity index (χ4v) is 3.54. The molecule has 0 bridgehead atoms. The minimum atomic E-state index is -3.57. The maximum absolute atomic E-state index is 12.2. The lowest BCUT2D eigenvalue weighted by atomic mass is 10.2. The normalized spacial score (nSPS) is 11.3. The summed E-state index contributed by atoms with van der Waals surface area (Å²) < 4.78 is 29.9. The molecule has 0 unspecified atom stereocenters. The van der Waals surface area contributed by atoms with Crippen LogP contribution in [-0.4, -0.2) is 45.4 Å². The van der Waals surface area contributed by atoms with E-state index in [1.54, 1.807) is 6.92 Å². The minimum Gasteiger partial charge on any atom is -0.372 e. The molecule has 1 aromatic heterocycles. The fourth-order valence-electron chi connectivity index (χ4n) is 2.69. The van der Waals surface area contributed by atoms with Crippen molar-refractivity contribution in [1.29, 1.82) is 0 Å². The molecule has 0 aliphatic heterocycles. The summed E-state index contributed by atoms with van der Waals surface area (Å²) in [4.78, 5) is 14.4. The van der Waals surface area contributed by atoms with Crippen LogP contribution in [0.2, 0.25) is 0 Å². The number of sulfonamides is 1. The molecule has 1 N–H and O–H groups in total. The molecule has 2 rings (SSSR count). The van der Waals surface area contributed by atoms with Crippen LogP contribution in [0.1, 0.15) is 26.0 Å². The van der Waals surface area contributed by atoms with E-state index >= 15 is 0 Å². The zero-order valence-corrected chi connectivity index (χ0v) is 16.9. The summed E-state index contributed by atoms with van der Waals surface area (Å²) in [7, 11) is -3.57. The van der Waals surface area contributed by atoms with Crippen LogP contribution in [-0.2, 0) is 14.8 Å². The number of hydrogen-bond donors (Lipinski definition) is 1. The van der Waals surface area contributed by atoms with Crippen LogP contribution in [0, 0.1) is 6.92 Å². The molecule has 1 amide bonds. The number of amides is 1. The van der Waals surface area contributed by atoms with Gasteiger partial charge in [-0.3, -0.25) is 9.10 Å². The van der Waals surface area contributed by atoms with Gasteiger partial charge in [0.25, 0.3) is 0 Å². The van der Waals surface area contributed by atoms with E-state index < -0.39 is 10.0 Å². The number of nitrogens with one attached hydrogen (secondary N) is 1. The lowest BCUT2D eigenvalue weighted by Crippen LogP contribution is -2.33. The molecule has 0 aliphatic carbocycles. The Morgan fingerprint density at radius 2 is 1.81 bits per heavy atom. The van der Waals surface area contributed by atoms with Crippen molar-refractivity contribution in [3.63, 3.8) is 0 Å². The first-order valence-electron chi connectivity index (χ1n) is 8.80. The van der Waals surface area contributed by atoms with E-state index in [1.807, 2.05) is 24.3 Å². The van der Waals surface area contributed by atoms with Gasteiger partial charge in [-0.05, 0) is 45.0 Å². The Morgan fingerprint density at radius 1 is 1.19 bits per heavy atom. The van der Waals surface area contributed by atoms with E-state index in [9.17, 15) is 13.2 Å². The Kier molecular flexibility index (Phi) is 6.84. The second kappa shape index (κ2) is 8.90. The number of anilines is 3. The highest BCUT2D eigenvalue weighted by Crippen LogP contribution is 2.19. The van der Waals surface area contributed by atoms with Crippen molar-refractivity contribution in [3.8, 4) is 0 Å².